The first kappa shape index (κ1) is 15.6. The number of benzene rings is 3. The van der Waals surface area contributed by atoms with Crippen LogP contribution in [-0.2, 0) is 6.42 Å². The van der Waals surface area contributed by atoms with Crippen LogP contribution >= 0.6 is 0 Å². The Kier molecular flexibility index (Phi) is 4.74. The maximum Gasteiger partial charge on any atom is 0.0998 e. The smallest absolute Gasteiger partial charge is 0.0998 e. The van der Waals surface area contributed by atoms with Gasteiger partial charge in [0, 0.05) is 5.69 Å². The number of anilines is 1. The highest BCUT2D eigenvalue weighted by molar-refractivity contribution is 5.71. The molecular weight excluding hydrogens is 292 g/mol. The van der Waals surface area contributed by atoms with Crippen molar-refractivity contribution in [3.8, 4) is 17.2 Å². The molecular formula is C22H18N2. The first-order chi connectivity index (χ1) is 11.8. The second-order valence-corrected chi connectivity index (χ2v) is 5.59. The Hall–Kier alpha value is -3.31. The molecule has 2 N–H and O–H groups in total. The zero-order valence-electron chi connectivity index (χ0n) is 13.3. The highest BCUT2D eigenvalue weighted by atomic mass is 14.5. The molecule has 0 fully saturated rings. The van der Waals surface area contributed by atoms with Crippen molar-refractivity contribution in [3.05, 3.63) is 95.6 Å². The van der Waals surface area contributed by atoms with Crippen molar-refractivity contribution in [2.24, 2.45) is 0 Å². The third-order valence-corrected chi connectivity index (χ3v) is 3.93. The highest BCUT2D eigenvalue weighted by Gasteiger charge is 2.04. The van der Waals surface area contributed by atoms with Gasteiger partial charge in [0.25, 0.3) is 0 Å². The normalized spacial score (nSPS) is 10.6. The van der Waals surface area contributed by atoms with E-state index in [1.165, 1.54) is 5.56 Å². The maximum atomic E-state index is 9.27. The molecule has 0 atom stereocenters. The molecule has 3 aromatic carbocycles. The lowest BCUT2D eigenvalue weighted by Crippen LogP contribution is -1.88. The molecule has 0 bridgehead atoms. The summed E-state index contributed by atoms with van der Waals surface area (Å²) in [5, 5.41) is 9.27. The molecule has 0 aliphatic carbocycles. The molecule has 0 radical (unpaired) electrons. The van der Waals surface area contributed by atoms with Gasteiger partial charge < -0.3 is 5.73 Å². The summed E-state index contributed by atoms with van der Waals surface area (Å²) in [4.78, 5) is 0. The largest absolute Gasteiger partial charge is 0.398 e. The van der Waals surface area contributed by atoms with Crippen molar-refractivity contribution in [1.29, 1.82) is 5.26 Å². The van der Waals surface area contributed by atoms with Gasteiger partial charge in [-0.15, -0.1) is 0 Å². The predicted octanol–water partition coefficient (Wildman–Crippen LogP) is 5.06. The number of hydrogen-bond donors (Lipinski definition) is 1. The predicted molar refractivity (Wildman–Crippen MR) is 100 cm³/mol. The van der Waals surface area contributed by atoms with E-state index in [0.717, 1.165) is 28.8 Å². The summed E-state index contributed by atoms with van der Waals surface area (Å²) in [6, 6.07) is 26.1. The Morgan fingerprint density at radius 1 is 0.917 bits per heavy atom. The molecule has 3 rings (SSSR count). The molecule has 0 heterocycles. The SMILES string of the molecule is N#Cc1ccccc1-c1cccc(C/C=C\c2ccccc2N)c1. The minimum Gasteiger partial charge on any atom is -0.398 e. The number of allylic oxidation sites excluding steroid dienone is 1. The van der Waals surface area contributed by atoms with E-state index in [0.29, 0.717) is 5.56 Å². The third kappa shape index (κ3) is 3.53. The van der Waals surface area contributed by atoms with Crippen LogP contribution in [0.2, 0.25) is 0 Å². The summed E-state index contributed by atoms with van der Waals surface area (Å²) in [6.07, 6.45) is 4.98. The monoisotopic (exact) mass is 310 g/mol. The fourth-order valence-corrected chi connectivity index (χ4v) is 2.68. The van der Waals surface area contributed by atoms with E-state index in [-0.39, 0.29) is 0 Å². The Bertz CT molecular complexity index is 917. The topological polar surface area (TPSA) is 49.8 Å². The molecule has 2 nitrogen and oxygen atoms in total. The number of hydrogen-bond acceptors (Lipinski definition) is 2. The summed E-state index contributed by atoms with van der Waals surface area (Å²) >= 11 is 0. The Morgan fingerprint density at radius 2 is 1.71 bits per heavy atom. The van der Waals surface area contributed by atoms with Crippen LogP contribution in [-0.4, -0.2) is 0 Å². The van der Waals surface area contributed by atoms with Crippen LogP contribution in [0, 0.1) is 11.3 Å². The van der Waals surface area contributed by atoms with Crippen molar-refractivity contribution in [3.63, 3.8) is 0 Å². The number of nitrogens with zero attached hydrogens (tertiary/aromatic N) is 1. The lowest BCUT2D eigenvalue weighted by molar-refractivity contribution is 1.28. The van der Waals surface area contributed by atoms with Crippen LogP contribution in [0.25, 0.3) is 17.2 Å². The minimum absolute atomic E-state index is 0.697. The third-order valence-electron chi connectivity index (χ3n) is 3.93. The van der Waals surface area contributed by atoms with Gasteiger partial charge in [0.05, 0.1) is 11.6 Å². The van der Waals surface area contributed by atoms with Gasteiger partial charge >= 0.3 is 0 Å². The summed E-state index contributed by atoms with van der Waals surface area (Å²) in [6.45, 7) is 0. The molecule has 0 saturated carbocycles. The van der Waals surface area contributed by atoms with Gasteiger partial charge in [0.1, 0.15) is 0 Å². The molecule has 0 saturated heterocycles. The van der Waals surface area contributed by atoms with Crippen LogP contribution in [0.3, 0.4) is 0 Å². The van der Waals surface area contributed by atoms with Gasteiger partial charge in [-0.1, -0.05) is 72.8 Å². The van der Waals surface area contributed by atoms with Crippen molar-refractivity contribution in [2.45, 2.75) is 6.42 Å². The van der Waals surface area contributed by atoms with Crippen molar-refractivity contribution < 1.29 is 0 Å². The van der Waals surface area contributed by atoms with E-state index < -0.39 is 0 Å². The van der Waals surface area contributed by atoms with E-state index in [1.807, 2.05) is 66.7 Å². The fraction of sp³-hybridized carbons (Fsp3) is 0.0455. The zero-order chi connectivity index (χ0) is 16.8. The second kappa shape index (κ2) is 7.30. The number of para-hydroxylation sites is 1. The molecule has 24 heavy (non-hydrogen) atoms. The molecule has 116 valence electrons. The van der Waals surface area contributed by atoms with Crippen LogP contribution in [0.5, 0.6) is 0 Å². The summed E-state index contributed by atoms with van der Waals surface area (Å²) < 4.78 is 0. The van der Waals surface area contributed by atoms with E-state index in [4.69, 9.17) is 5.73 Å². The Morgan fingerprint density at radius 3 is 2.54 bits per heavy atom. The van der Waals surface area contributed by atoms with Crippen molar-refractivity contribution >= 4 is 11.8 Å². The van der Waals surface area contributed by atoms with E-state index in [9.17, 15) is 5.26 Å². The average molecular weight is 310 g/mol. The fourth-order valence-electron chi connectivity index (χ4n) is 2.68. The number of nitrogen functional groups attached to an aromatic ring is 1. The molecule has 3 aromatic rings. The summed E-state index contributed by atoms with van der Waals surface area (Å²) in [5.41, 5.74) is 11.7. The molecule has 2 heteroatoms. The van der Waals surface area contributed by atoms with Crippen molar-refractivity contribution in [2.75, 3.05) is 5.73 Å². The second-order valence-electron chi connectivity index (χ2n) is 5.59. The first-order valence-electron chi connectivity index (χ1n) is 7.87. The summed E-state index contributed by atoms with van der Waals surface area (Å²) in [7, 11) is 0. The Balaban J connectivity index is 1.82. The molecule has 0 aromatic heterocycles. The molecule has 0 aliphatic rings. The molecule has 0 spiro atoms. The zero-order valence-corrected chi connectivity index (χ0v) is 13.3. The quantitative estimate of drug-likeness (QED) is 0.684. The molecule has 0 aliphatic heterocycles. The molecule has 0 amide bonds. The van der Waals surface area contributed by atoms with Crippen LogP contribution in [0.15, 0.2) is 78.9 Å². The standard InChI is InChI=1S/C22H18N2/c23-16-20-10-1-3-13-21(20)19-12-6-8-17(15-19)7-5-11-18-9-2-4-14-22(18)24/h1-6,8-15H,7,24H2/b11-5-. The van der Waals surface area contributed by atoms with Gasteiger partial charge in [-0.25, -0.2) is 0 Å². The average Bonchev–Trinajstić information content (AvgIpc) is 2.63. The van der Waals surface area contributed by atoms with Gasteiger partial charge in [0.2, 0.25) is 0 Å². The van der Waals surface area contributed by atoms with Crippen LogP contribution in [0.4, 0.5) is 5.69 Å². The van der Waals surface area contributed by atoms with Crippen LogP contribution < -0.4 is 5.73 Å². The van der Waals surface area contributed by atoms with Gasteiger partial charge in [-0.3, -0.25) is 0 Å². The highest BCUT2D eigenvalue weighted by Crippen LogP contribution is 2.24. The van der Waals surface area contributed by atoms with Gasteiger partial charge in [0.15, 0.2) is 0 Å². The van der Waals surface area contributed by atoms with Crippen molar-refractivity contribution in [1.82, 2.24) is 0 Å². The first-order valence-corrected chi connectivity index (χ1v) is 7.87. The Labute approximate surface area is 142 Å². The van der Waals surface area contributed by atoms with Gasteiger partial charge in [-0.05, 0) is 40.8 Å². The minimum atomic E-state index is 0.697. The molecule has 0 unspecified atom stereocenters. The lowest BCUT2D eigenvalue weighted by atomic mass is 9.98. The van der Waals surface area contributed by atoms with E-state index in [2.05, 4.69) is 24.3 Å². The van der Waals surface area contributed by atoms with Crippen LogP contribution in [0.1, 0.15) is 16.7 Å². The number of nitrogens with two attached hydrogens (primary N) is 1. The van der Waals surface area contributed by atoms with E-state index >= 15 is 0 Å². The number of nitriles is 1. The van der Waals surface area contributed by atoms with E-state index in [1.54, 1.807) is 0 Å². The lowest BCUT2D eigenvalue weighted by Gasteiger charge is -2.06. The maximum absolute atomic E-state index is 9.27. The number of rotatable bonds is 4. The summed E-state index contributed by atoms with van der Waals surface area (Å²) in [5.74, 6) is 0. The van der Waals surface area contributed by atoms with Gasteiger partial charge in [-0.2, -0.15) is 5.26 Å².